The van der Waals surface area contributed by atoms with Crippen LogP contribution in [0.3, 0.4) is 0 Å². The summed E-state index contributed by atoms with van der Waals surface area (Å²) in [5, 5.41) is 12.2. The number of methoxy groups -OCH3 is 2. The molecule has 35 heavy (non-hydrogen) atoms. The lowest BCUT2D eigenvalue weighted by Gasteiger charge is -2.30. The molecule has 0 fully saturated rings. The van der Waals surface area contributed by atoms with Gasteiger partial charge in [-0.3, -0.25) is 4.79 Å². The molecule has 0 unspecified atom stereocenters. The Labute approximate surface area is 201 Å². The Hall–Kier alpha value is -4.63. The zero-order valence-electron chi connectivity index (χ0n) is 19.1. The molecule has 2 aromatic carbocycles. The van der Waals surface area contributed by atoms with Crippen LogP contribution in [0.15, 0.2) is 85.5 Å². The summed E-state index contributed by atoms with van der Waals surface area (Å²) < 4.78 is 11.3. The number of fused-ring (bicyclic) bond motifs is 1. The van der Waals surface area contributed by atoms with Gasteiger partial charge in [-0.25, -0.2) is 9.97 Å². The van der Waals surface area contributed by atoms with Gasteiger partial charge >= 0.3 is 0 Å². The first-order chi connectivity index (χ1) is 17.2. The van der Waals surface area contributed by atoms with E-state index < -0.39 is 11.5 Å². The molecular weight excluding hydrogens is 444 g/mol. The van der Waals surface area contributed by atoms with E-state index in [1.54, 1.807) is 30.9 Å². The Morgan fingerprint density at radius 2 is 1.80 bits per heavy atom. The van der Waals surface area contributed by atoms with Crippen molar-refractivity contribution in [1.29, 1.82) is 0 Å². The first-order valence-electron chi connectivity index (χ1n) is 10.8. The zero-order chi connectivity index (χ0) is 24.3. The summed E-state index contributed by atoms with van der Waals surface area (Å²) in [6, 6.07) is 18.6. The van der Waals surface area contributed by atoms with Crippen LogP contribution in [-0.4, -0.2) is 45.3 Å². The Balaban J connectivity index is 1.60. The van der Waals surface area contributed by atoms with Gasteiger partial charge in [0.1, 0.15) is 5.69 Å². The van der Waals surface area contributed by atoms with Crippen LogP contribution in [0.2, 0.25) is 0 Å². The molecular formula is C26H22N6O3. The minimum Gasteiger partial charge on any atom is -0.480 e. The number of hydrogen-bond acceptors (Lipinski definition) is 7. The van der Waals surface area contributed by atoms with E-state index in [9.17, 15) is 4.79 Å². The van der Waals surface area contributed by atoms with Crippen molar-refractivity contribution in [2.24, 2.45) is 0 Å². The van der Waals surface area contributed by atoms with Crippen LogP contribution in [0, 0.1) is 0 Å². The van der Waals surface area contributed by atoms with Gasteiger partial charge in [0.05, 0.1) is 18.8 Å². The van der Waals surface area contributed by atoms with Crippen molar-refractivity contribution in [3.63, 3.8) is 0 Å². The fourth-order valence-electron chi connectivity index (χ4n) is 4.11. The van der Waals surface area contributed by atoms with Gasteiger partial charge < -0.3 is 19.8 Å². The number of H-pyrrole nitrogens is 1. The third-order valence-electron chi connectivity index (χ3n) is 5.79. The highest BCUT2D eigenvalue weighted by Crippen LogP contribution is 2.36. The normalized spacial score (nSPS) is 12.7. The van der Waals surface area contributed by atoms with E-state index in [0.29, 0.717) is 17.1 Å². The van der Waals surface area contributed by atoms with Gasteiger partial charge in [0.2, 0.25) is 11.5 Å². The number of hydrogen-bond donors (Lipinski definition) is 2. The number of nitrogens with zero attached hydrogens (tertiary/aromatic N) is 4. The van der Waals surface area contributed by atoms with E-state index >= 15 is 0 Å². The highest BCUT2D eigenvalue weighted by atomic mass is 16.5. The second kappa shape index (κ2) is 9.32. The number of aromatic nitrogens is 5. The topological polar surface area (TPSA) is 115 Å². The average molecular weight is 467 g/mol. The average Bonchev–Trinajstić information content (AvgIpc) is 3.45. The largest absolute Gasteiger partial charge is 0.480 e. The SMILES string of the molecule is COc1ncc(-c2cnnc3ccccc23)cc1NC(=O)[C@@](OC)(c1ccccc1)c1ncc[nH]1. The minimum absolute atomic E-state index is 0.255. The molecule has 3 aromatic heterocycles. The Bertz CT molecular complexity index is 1470. The molecule has 3 heterocycles. The van der Waals surface area contributed by atoms with Crippen molar-refractivity contribution in [1.82, 2.24) is 25.1 Å². The summed E-state index contributed by atoms with van der Waals surface area (Å²) in [6.07, 6.45) is 6.56. The number of carbonyl (C=O) groups is 1. The highest BCUT2D eigenvalue weighted by Gasteiger charge is 2.45. The standard InChI is InChI=1S/C26H22N6O3/c1-34-23-22(14-17(15-29-23)20-16-30-32-21-11-7-6-10-19(20)21)31-25(33)26(35-2,24-27-12-13-28-24)18-8-4-3-5-9-18/h3-16H,1-2H3,(H,27,28)(H,31,33)/t26-/m1/s1. The third kappa shape index (κ3) is 3.87. The number of aromatic amines is 1. The van der Waals surface area contributed by atoms with Crippen molar-refractivity contribution in [2.45, 2.75) is 5.60 Å². The predicted molar refractivity (Wildman–Crippen MR) is 131 cm³/mol. The van der Waals surface area contributed by atoms with Crippen molar-refractivity contribution >= 4 is 22.5 Å². The van der Waals surface area contributed by atoms with Gasteiger partial charge in [-0.15, -0.1) is 0 Å². The van der Waals surface area contributed by atoms with Gasteiger partial charge in [0.25, 0.3) is 5.91 Å². The third-order valence-corrected chi connectivity index (χ3v) is 5.79. The molecule has 9 heteroatoms. The summed E-state index contributed by atoms with van der Waals surface area (Å²) in [5.74, 6) is 0.137. The minimum atomic E-state index is -1.53. The number of carbonyl (C=O) groups excluding carboxylic acids is 1. The van der Waals surface area contributed by atoms with Gasteiger partial charge in [-0.1, -0.05) is 48.5 Å². The predicted octanol–water partition coefficient (Wildman–Crippen LogP) is 3.95. The molecule has 0 spiro atoms. The monoisotopic (exact) mass is 466 g/mol. The van der Waals surface area contributed by atoms with E-state index in [1.165, 1.54) is 14.2 Å². The van der Waals surface area contributed by atoms with Crippen LogP contribution in [0.4, 0.5) is 5.69 Å². The fraction of sp³-hybridized carbons (Fsp3) is 0.115. The van der Waals surface area contributed by atoms with Crippen molar-refractivity contribution in [3.8, 4) is 17.0 Å². The lowest BCUT2D eigenvalue weighted by molar-refractivity contribution is -0.134. The smallest absolute Gasteiger partial charge is 0.269 e. The lowest BCUT2D eigenvalue weighted by Crippen LogP contribution is -2.44. The molecule has 174 valence electrons. The molecule has 0 aliphatic rings. The van der Waals surface area contributed by atoms with Crippen LogP contribution >= 0.6 is 0 Å². The Kier molecular flexibility index (Phi) is 5.90. The molecule has 0 saturated carbocycles. The van der Waals surface area contributed by atoms with Gasteiger partial charge in [-0.05, 0) is 12.1 Å². The molecule has 0 bridgehead atoms. The van der Waals surface area contributed by atoms with Crippen LogP contribution in [-0.2, 0) is 15.1 Å². The maximum absolute atomic E-state index is 13.9. The van der Waals surface area contributed by atoms with Crippen molar-refractivity contribution in [2.75, 3.05) is 19.5 Å². The zero-order valence-corrected chi connectivity index (χ0v) is 19.1. The van der Waals surface area contributed by atoms with E-state index in [1.807, 2.05) is 54.6 Å². The van der Waals surface area contributed by atoms with Crippen LogP contribution in [0.1, 0.15) is 11.4 Å². The summed E-state index contributed by atoms with van der Waals surface area (Å²) in [4.78, 5) is 25.7. The van der Waals surface area contributed by atoms with Gasteiger partial charge in [0, 0.05) is 47.8 Å². The number of rotatable bonds is 7. The molecule has 2 N–H and O–H groups in total. The molecule has 1 amide bonds. The number of anilines is 1. The Morgan fingerprint density at radius 1 is 1.00 bits per heavy atom. The molecule has 5 aromatic rings. The molecule has 5 rings (SSSR count). The number of nitrogens with one attached hydrogen (secondary N) is 2. The van der Waals surface area contributed by atoms with Crippen molar-refractivity contribution < 1.29 is 14.3 Å². The van der Waals surface area contributed by atoms with Crippen molar-refractivity contribution in [3.05, 3.63) is 96.8 Å². The van der Waals surface area contributed by atoms with Crippen LogP contribution in [0.25, 0.3) is 22.0 Å². The number of ether oxygens (including phenoxy) is 2. The van der Waals surface area contributed by atoms with Gasteiger partial charge in [-0.2, -0.15) is 10.2 Å². The Morgan fingerprint density at radius 3 is 2.54 bits per heavy atom. The number of amides is 1. The summed E-state index contributed by atoms with van der Waals surface area (Å²) in [7, 11) is 2.96. The first-order valence-corrected chi connectivity index (χ1v) is 10.8. The maximum atomic E-state index is 13.9. The second-order valence-electron chi connectivity index (χ2n) is 7.70. The summed E-state index contributed by atoms with van der Waals surface area (Å²) in [6.45, 7) is 0. The molecule has 0 aliphatic heterocycles. The summed E-state index contributed by atoms with van der Waals surface area (Å²) in [5.41, 5.74) is 1.78. The number of pyridine rings is 1. The van der Waals surface area contributed by atoms with E-state index in [0.717, 1.165) is 22.0 Å². The number of imidazole rings is 1. The lowest BCUT2D eigenvalue weighted by atomic mass is 9.91. The van der Waals surface area contributed by atoms with E-state index in [2.05, 4.69) is 30.5 Å². The molecule has 0 radical (unpaired) electrons. The van der Waals surface area contributed by atoms with Gasteiger partial charge in [0.15, 0.2) is 5.82 Å². The molecule has 0 aliphatic carbocycles. The van der Waals surface area contributed by atoms with Crippen LogP contribution < -0.4 is 10.1 Å². The first kappa shape index (κ1) is 22.2. The molecule has 0 saturated heterocycles. The quantitative estimate of drug-likeness (QED) is 0.373. The van der Waals surface area contributed by atoms with E-state index in [-0.39, 0.29) is 5.88 Å². The van der Waals surface area contributed by atoms with E-state index in [4.69, 9.17) is 9.47 Å². The second-order valence-corrected chi connectivity index (χ2v) is 7.70. The summed E-state index contributed by atoms with van der Waals surface area (Å²) >= 11 is 0. The fourth-order valence-corrected chi connectivity index (χ4v) is 4.11. The van der Waals surface area contributed by atoms with Crippen LogP contribution in [0.5, 0.6) is 5.88 Å². The molecule has 9 nitrogen and oxygen atoms in total. The maximum Gasteiger partial charge on any atom is 0.269 e. The highest BCUT2D eigenvalue weighted by molar-refractivity contribution is 6.02. The molecule has 1 atom stereocenters. The number of benzene rings is 2.